The number of hydrogen-bond donors (Lipinski definition) is 2. The van der Waals surface area contributed by atoms with E-state index in [1.807, 2.05) is 24.3 Å². The molecule has 128 valence electrons. The third kappa shape index (κ3) is 3.00. The Balaban J connectivity index is 1.53. The molecule has 0 bridgehead atoms. The van der Waals surface area contributed by atoms with Gasteiger partial charge in [0.15, 0.2) is 0 Å². The minimum atomic E-state index is -0.227. The van der Waals surface area contributed by atoms with Gasteiger partial charge in [-0.25, -0.2) is 4.98 Å². The van der Waals surface area contributed by atoms with Gasteiger partial charge in [-0.1, -0.05) is 12.1 Å². The quantitative estimate of drug-likeness (QED) is 0.766. The number of nitrogens with zero attached hydrogens (tertiary/aromatic N) is 3. The number of aromatic nitrogens is 4. The molecule has 3 heterocycles. The van der Waals surface area contributed by atoms with Gasteiger partial charge in [0.25, 0.3) is 5.91 Å². The summed E-state index contributed by atoms with van der Waals surface area (Å²) in [6.07, 6.45) is 4.93. The third-order valence-electron chi connectivity index (χ3n) is 4.40. The van der Waals surface area contributed by atoms with Crippen molar-refractivity contribution in [3.05, 3.63) is 48.0 Å². The van der Waals surface area contributed by atoms with Crippen LogP contribution in [0.4, 0.5) is 5.82 Å². The van der Waals surface area contributed by atoms with E-state index in [2.05, 4.69) is 25.1 Å². The summed E-state index contributed by atoms with van der Waals surface area (Å²) in [7, 11) is 1.62. The maximum absolute atomic E-state index is 12.5. The van der Waals surface area contributed by atoms with Gasteiger partial charge in [0.05, 0.1) is 19.0 Å². The number of aryl methyl sites for hydroxylation is 1. The minimum absolute atomic E-state index is 0.227. The number of carbonyl (C=O) groups excluding carboxylic acids is 1. The van der Waals surface area contributed by atoms with Crippen LogP contribution in [-0.2, 0) is 13.0 Å². The van der Waals surface area contributed by atoms with E-state index >= 15 is 0 Å². The second kappa shape index (κ2) is 6.43. The molecule has 0 saturated carbocycles. The van der Waals surface area contributed by atoms with Crippen molar-refractivity contribution in [2.75, 3.05) is 12.4 Å². The van der Waals surface area contributed by atoms with Gasteiger partial charge in [0, 0.05) is 18.5 Å². The lowest BCUT2D eigenvalue weighted by Crippen LogP contribution is -2.18. The maximum Gasteiger partial charge on any atom is 0.274 e. The van der Waals surface area contributed by atoms with Gasteiger partial charge in [-0.2, -0.15) is 5.10 Å². The lowest BCUT2D eigenvalue weighted by Gasteiger charge is -2.16. The highest BCUT2D eigenvalue weighted by Gasteiger charge is 2.17. The number of ether oxygens (including phenoxy) is 1. The molecule has 0 spiro atoms. The van der Waals surface area contributed by atoms with Crippen LogP contribution < -0.4 is 10.1 Å². The first-order chi connectivity index (χ1) is 12.2. The van der Waals surface area contributed by atoms with Crippen molar-refractivity contribution >= 4 is 11.7 Å². The van der Waals surface area contributed by atoms with Crippen molar-refractivity contribution in [1.82, 2.24) is 19.7 Å². The van der Waals surface area contributed by atoms with E-state index in [1.54, 1.807) is 19.4 Å². The predicted octanol–water partition coefficient (Wildman–Crippen LogP) is 2.87. The maximum atomic E-state index is 12.5. The van der Waals surface area contributed by atoms with Crippen molar-refractivity contribution in [3.8, 4) is 17.0 Å². The molecule has 1 aromatic carbocycles. The zero-order valence-corrected chi connectivity index (χ0v) is 14.0. The highest BCUT2D eigenvalue weighted by molar-refractivity contribution is 6.03. The summed E-state index contributed by atoms with van der Waals surface area (Å²) in [4.78, 5) is 16.9. The van der Waals surface area contributed by atoms with Crippen LogP contribution in [0, 0.1) is 0 Å². The Morgan fingerprint density at radius 3 is 3.12 bits per heavy atom. The largest absolute Gasteiger partial charge is 0.497 e. The molecule has 7 heteroatoms. The fraction of sp³-hybridized carbons (Fsp3) is 0.278. The third-order valence-corrected chi connectivity index (χ3v) is 4.40. The number of hydrogen-bond acceptors (Lipinski definition) is 4. The Labute approximate surface area is 145 Å². The first-order valence-electron chi connectivity index (χ1n) is 8.30. The van der Waals surface area contributed by atoms with Gasteiger partial charge in [-0.15, -0.1) is 0 Å². The minimum Gasteiger partial charge on any atom is -0.497 e. The Morgan fingerprint density at radius 2 is 2.24 bits per heavy atom. The Kier molecular flexibility index (Phi) is 3.97. The molecule has 1 aliphatic heterocycles. The van der Waals surface area contributed by atoms with E-state index in [-0.39, 0.29) is 5.91 Å². The van der Waals surface area contributed by atoms with Crippen LogP contribution in [-0.4, -0.2) is 32.8 Å². The highest BCUT2D eigenvalue weighted by atomic mass is 16.5. The normalized spacial score (nSPS) is 13.3. The first kappa shape index (κ1) is 15.4. The fourth-order valence-corrected chi connectivity index (χ4v) is 3.07. The summed E-state index contributed by atoms with van der Waals surface area (Å²) in [6.45, 7) is 0.892. The van der Waals surface area contributed by atoms with E-state index < -0.39 is 0 Å². The van der Waals surface area contributed by atoms with Gasteiger partial charge in [0.1, 0.15) is 23.1 Å². The average Bonchev–Trinajstić information content (AvgIpc) is 3.30. The summed E-state index contributed by atoms with van der Waals surface area (Å²) >= 11 is 0. The van der Waals surface area contributed by atoms with Crippen LogP contribution in [0.2, 0.25) is 0 Å². The fourth-order valence-electron chi connectivity index (χ4n) is 3.07. The number of amides is 1. The summed E-state index contributed by atoms with van der Waals surface area (Å²) in [6, 6.07) is 9.30. The van der Waals surface area contributed by atoms with Gasteiger partial charge < -0.3 is 14.6 Å². The van der Waals surface area contributed by atoms with E-state index in [0.717, 1.165) is 48.8 Å². The Bertz CT molecular complexity index is 912. The first-order valence-corrected chi connectivity index (χ1v) is 8.30. The lowest BCUT2D eigenvalue weighted by atomic mass is 10.1. The molecule has 2 aromatic heterocycles. The van der Waals surface area contributed by atoms with Crippen LogP contribution >= 0.6 is 0 Å². The number of aromatic amines is 1. The SMILES string of the molecule is COc1cccc(-c2cc(C(=O)Nc3cnc4n3CCCC4)[nH]n2)c1. The number of benzene rings is 1. The number of rotatable bonds is 4. The molecule has 0 fully saturated rings. The van der Waals surface area contributed by atoms with E-state index in [4.69, 9.17) is 4.74 Å². The molecule has 0 aliphatic carbocycles. The molecule has 0 atom stereocenters. The molecule has 1 amide bonds. The Hall–Kier alpha value is -3.09. The number of anilines is 1. The number of methoxy groups -OCH3 is 1. The van der Waals surface area contributed by atoms with Crippen LogP contribution in [0.5, 0.6) is 5.75 Å². The number of imidazole rings is 1. The second-order valence-electron chi connectivity index (χ2n) is 6.02. The molecular weight excluding hydrogens is 318 g/mol. The highest BCUT2D eigenvalue weighted by Crippen LogP contribution is 2.23. The smallest absolute Gasteiger partial charge is 0.274 e. The molecule has 3 aromatic rings. The van der Waals surface area contributed by atoms with Crippen LogP contribution in [0.15, 0.2) is 36.5 Å². The number of fused-ring (bicyclic) bond motifs is 1. The standard InChI is InChI=1S/C18H19N5O2/c1-25-13-6-4-5-12(9-13)14-10-15(22-21-14)18(24)20-17-11-19-16-7-2-3-8-23(16)17/h4-6,9-11H,2-3,7-8H2,1H3,(H,20,24)(H,21,22). The van der Waals surface area contributed by atoms with E-state index in [9.17, 15) is 4.79 Å². The summed E-state index contributed by atoms with van der Waals surface area (Å²) in [5, 5.41) is 9.96. The molecule has 2 N–H and O–H groups in total. The van der Waals surface area contributed by atoms with Crippen LogP contribution in [0.25, 0.3) is 11.3 Å². The van der Waals surface area contributed by atoms with Gasteiger partial charge >= 0.3 is 0 Å². The lowest BCUT2D eigenvalue weighted by molar-refractivity contribution is 0.102. The zero-order valence-electron chi connectivity index (χ0n) is 14.0. The number of H-pyrrole nitrogens is 1. The molecule has 1 aliphatic rings. The molecule has 25 heavy (non-hydrogen) atoms. The monoisotopic (exact) mass is 337 g/mol. The molecule has 4 rings (SSSR count). The average molecular weight is 337 g/mol. The van der Waals surface area contributed by atoms with E-state index in [0.29, 0.717) is 11.4 Å². The second-order valence-corrected chi connectivity index (χ2v) is 6.02. The van der Waals surface area contributed by atoms with Gasteiger partial charge in [-0.3, -0.25) is 9.89 Å². The van der Waals surface area contributed by atoms with Crippen LogP contribution in [0.1, 0.15) is 29.2 Å². The van der Waals surface area contributed by atoms with Crippen molar-refractivity contribution in [1.29, 1.82) is 0 Å². The molecule has 0 radical (unpaired) electrons. The van der Waals surface area contributed by atoms with Crippen molar-refractivity contribution in [2.45, 2.75) is 25.8 Å². The molecule has 0 unspecified atom stereocenters. The molecule has 0 saturated heterocycles. The zero-order chi connectivity index (χ0) is 17.2. The Morgan fingerprint density at radius 1 is 1.32 bits per heavy atom. The van der Waals surface area contributed by atoms with Gasteiger partial charge in [0.2, 0.25) is 0 Å². The van der Waals surface area contributed by atoms with E-state index in [1.165, 1.54) is 0 Å². The van der Waals surface area contributed by atoms with Crippen molar-refractivity contribution < 1.29 is 9.53 Å². The topological polar surface area (TPSA) is 84.8 Å². The summed E-state index contributed by atoms with van der Waals surface area (Å²) in [5.41, 5.74) is 1.99. The van der Waals surface area contributed by atoms with Crippen molar-refractivity contribution in [3.63, 3.8) is 0 Å². The molecular formula is C18H19N5O2. The number of nitrogens with one attached hydrogen (secondary N) is 2. The number of carbonyl (C=O) groups is 1. The van der Waals surface area contributed by atoms with Crippen LogP contribution in [0.3, 0.4) is 0 Å². The summed E-state index contributed by atoms with van der Waals surface area (Å²) < 4.78 is 7.30. The van der Waals surface area contributed by atoms with Gasteiger partial charge in [-0.05, 0) is 31.0 Å². The summed E-state index contributed by atoms with van der Waals surface area (Å²) in [5.74, 6) is 2.28. The molecule has 7 nitrogen and oxygen atoms in total. The predicted molar refractivity (Wildman–Crippen MR) is 93.7 cm³/mol. The van der Waals surface area contributed by atoms with Crippen molar-refractivity contribution in [2.24, 2.45) is 0 Å².